The van der Waals surface area contributed by atoms with E-state index in [2.05, 4.69) is 25.2 Å². The molecule has 0 radical (unpaired) electrons. The Morgan fingerprint density at radius 3 is 2.71 bits per heavy atom. The van der Waals surface area contributed by atoms with Crippen LogP contribution in [0.1, 0.15) is 51.1 Å². The minimum atomic E-state index is 0.675. The van der Waals surface area contributed by atoms with Gasteiger partial charge in [-0.3, -0.25) is 0 Å². The van der Waals surface area contributed by atoms with Gasteiger partial charge in [0.25, 0.3) is 0 Å². The van der Waals surface area contributed by atoms with Crippen molar-refractivity contribution in [1.82, 2.24) is 5.32 Å². The molecule has 0 aliphatic heterocycles. The summed E-state index contributed by atoms with van der Waals surface area (Å²) in [7, 11) is 0. The zero-order valence-electron chi connectivity index (χ0n) is 11.3. The third-order valence-corrected chi connectivity index (χ3v) is 4.01. The van der Waals surface area contributed by atoms with Gasteiger partial charge in [-0.1, -0.05) is 26.7 Å². The number of rotatable bonds is 4. The molecular weight excluding hydrogens is 210 g/mol. The van der Waals surface area contributed by atoms with Crippen molar-refractivity contribution in [3.05, 3.63) is 23.7 Å². The molecule has 96 valence electrons. The van der Waals surface area contributed by atoms with Crippen molar-refractivity contribution in [2.24, 2.45) is 11.8 Å². The van der Waals surface area contributed by atoms with Gasteiger partial charge >= 0.3 is 0 Å². The molecule has 2 nitrogen and oxygen atoms in total. The SMILES string of the molecule is Cc1ccc(CNC2CCCCC2C(C)C)o1. The standard InChI is InChI=1S/C15H25NO/c1-11(2)14-6-4-5-7-15(14)16-10-13-9-8-12(3)17-13/h8-9,11,14-16H,4-7,10H2,1-3H3. The van der Waals surface area contributed by atoms with E-state index >= 15 is 0 Å². The van der Waals surface area contributed by atoms with E-state index in [9.17, 15) is 0 Å². The Morgan fingerprint density at radius 2 is 2.06 bits per heavy atom. The minimum absolute atomic E-state index is 0.675. The lowest BCUT2D eigenvalue weighted by Crippen LogP contribution is -2.40. The van der Waals surface area contributed by atoms with E-state index in [-0.39, 0.29) is 0 Å². The van der Waals surface area contributed by atoms with Crippen LogP contribution in [-0.2, 0) is 6.54 Å². The molecule has 1 fully saturated rings. The quantitative estimate of drug-likeness (QED) is 0.856. The monoisotopic (exact) mass is 235 g/mol. The van der Waals surface area contributed by atoms with Crippen LogP contribution in [0.15, 0.2) is 16.5 Å². The molecule has 1 aromatic heterocycles. The van der Waals surface area contributed by atoms with Crippen molar-refractivity contribution in [2.75, 3.05) is 0 Å². The molecule has 2 rings (SSSR count). The maximum absolute atomic E-state index is 5.61. The first-order valence-corrected chi connectivity index (χ1v) is 6.95. The normalized spacial score (nSPS) is 25.4. The molecule has 2 unspecified atom stereocenters. The first-order valence-electron chi connectivity index (χ1n) is 6.95. The van der Waals surface area contributed by atoms with Crippen LogP contribution in [0.25, 0.3) is 0 Å². The second kappa shape index (κ2) is 5.72. The van der Waals surface area contributed by atoms with Crippen molar-refractivity contribution < 1.29 is 4.42 Å². The first kappa shape index (κ1) is 12.7. The highest BCUT2D eigenvalue weighted by atomic mass is 16.3. The largest absolute Gasteiger partial charge is 0.465 e. The predicted molar refractivity (Wildman–Crippen MR) is 70.9 cm³/mol. The fourth-order valence-corrected chi connectivity index (χ4v) is 3.02. The fourth-order valence-electron chi connectivity index (χ4n) is 3.02. The molecule has 0 amide bonds. The Balaban J connectivity index is 1.88. The van der Waals surface area contributed by atoms with E-state index in [1.54, 1.807) is 0 Å². The third kappa shape index (κ3) is 3.35. The summed E-state index contributed by atoms with van der Waals surface area (Å²) < 4.78 is 5.61. The van der Waals surface area contributed by atoms with E-state index in [0.717, 1.165) is 29.9 Å². The fraction of sp³-hybridized carbons (Fsp3) is 0.733. The minimum Gasteiger partial charge on any atom is -0.465 e. The zero-order valence-corrected chi connectivity index (χ0v) is 11.3. The summed E-state index contributed by atoms with van der Waals surface area (Å²) in [4.78, 5) is 0. The summed E-state index contributed by atoms with van der Waals surface area (Å²) in [6.45, 7) is 7.58. The van der Waals surface area contributed by atoms with Gasteiger partial charge in [-0.15, -0.1) is 0 Å². The van der Waals surface area contributed by atoms with Gasteiger partial charge in [0, 0.05) is 6.04 Å². The molecule has 1 N–H and O–H groups in total. The molecule has 2 heteroatoms. The molecule has 1 heterocycles. The van der Waals surface area contributed by atoms with E-state index in [1.807, 2.05) is 13.0 Å². The third-order valence-electron chi connectivity index (χ3n) is 4.01. The molecule has 2 atom stereocenters. The van der Waals surface area contributed by atoms with Crippen molar-refractivity contribution in [2.45, 2.75) is 59.0 Å². The summed E-state index contributed by atoms with van der Waals surface area (Å²) in [5, 5.41) is 3.69. The maximum Gasteiger partial charge on any atom is 0.117 e. The molecule has 0 spiro atoms. The van der Waals surface area contributed by atoms with Gasteiger partial charge in [-0.05, 0) is 43.7 Å². The second-order valence-electron chi connectivity index (χ2n) is 5.69. The Morgan fingerprint density at radius 1 is 1.29 bits per heavy atom. The molecule has 1 aromatic rings. The second-order valence-corrected chi connectivity index (χ2v) is 5.69. The van der Waals surface area contributed by atoms with Gasteiger partial charge in [0.05, 0.1) is 6.54 Å². The van der Waals surface area contributed by atoms with Crippen LogP contribution in [0.5, 0.6) is 0 Å². The average Bonchev–Trinajstić information content (AvgIpc) is 2.73. The Bertz CT molecular complexity index is 342. The highest BCUT2D eigenvalue weighted by Crippen LogP contribution is 2.30. The average molecular weight is 235 g/mol. The van der Waals surface area contributed by atoms with Gasteiger partial charge < -0.3 is 9.73 Å². The van der Waals surface area contributed by atoms with Crippen LogP contribution in [-0.4, -0.2) is 6.04 Å². The molecular formula is C15H25NO. The maximum atomic E-state index is 5.61. The summed E-state index contributed by atoms with van der Waals surface area (Å²) in [5.41, 5.74) is 0. The lowest BCUT2D eigenvalue weighted by atomic mass is 9.78. The lowest BCUT2D eigenvalue weighted by molar-refractivity contribution is 0.201. The van der Waals surface area contributed by atoms with Crippen LogP contribution >= 0.6 is 0 Å². The van der Waals surface area contributed by atoms with Crippen LogP contribution in [0.2, 0.25) is 0 Å². The van der Waals surface area contributed by atoms with Crippen molar-refractivity contribution in [1.29, 1.82) is 0 Å². The summed E-state index contributed by atoms with van der Waals surface area (Å²) in [6, 6.07) is 4.79. The molecule has 17 heavy (non-hydrogen) atoms. The van der Waals surface area contributed by atoms with Gasteiger partial charge in [0.15, 0.2) is 0 Å². The summed E-state index contributed by atoms with van der Waals surface area (Å²) in [5.74, 6) is 3.69. The van der Waals surface area contributed by atoms with E-state index in [1.165, 1.54) is 25.7 Å². The highest BCUT2D eigenvalue weighted by Gasteiger charge is 2.26. The van der Waals surface area contributed by atoms with Gasteiger partial charge in [0.2, 0.25) is 0 Å². The Labute approximate surface area is 105 Å². The number of nitrogens with one attached hydrogen (secondary N) is 1. The zero-order chi connectivity index (χ0) is 12.3. The van der Waals surface area contributed by atoms with E-state index in [4.69, 9.17) is 4.42 Å². The number of hydrogen-bond donors (Lipinski definition) is 1. The van der Waals surface area contributed by atoms with Gasteiger partial charge in [-0.2, -0.15) is 0 Å². The summed E-state index contributed by atoms with van der Waals surface area (Å²) >= 11 is 0. The van der Waals surface area contributed by atoms with Crippen LogP contribution in [0.3, 0.4) is 0 Å². The smallest absolute Gasteiger partial charge is 0.117 e. The first-order chi connectivity index (χ1) is 8.16. The van der Waals surface area contributed by atoms with Crippen molar-refractivity contribution in [3.63, 3.8) is 0 Å². The highest BCUT2D eigenvalue weighted by molar-refractivity contribution is 5.05. The van der Waals surface area contributed by atoms with E-state index < -0.39 is 0 Å². The topological polar surface area (TPSA) is 25.2 Å². The number of aryl methyl sites for hydroxylation is 1. The lowest BCUT2D eigenvalue weighted by Gasteiger charge is -2.34. The molecule has 1 saturated carbocycles. The number of hydrogen-bond acceptors (Lipinski definition) is 2. The molecule has 0 bridgehead atoms. The summed E-state index contributed by atoms with van der Waals surface area (Å²) in [6.07, 6.45) is 5.48. The van der Waals surface area contributed by atoms with Crippen LogP contribution in [0, 0.1) is 18.8 Å². The van der Waals surface area contributed by atoms with Gasteiger partial charge in [-0.25, -0.2) is 0 Å². The van der Waals surface area contributed by atoms with Crippen LogP contribution < -0.4 is 5.32 Å². The predicted octanol–water partition coefficient (Wildman–Crippen LogP) is 3.89. The van der Waals surface area contributed by atoms with Crippen molar-refractivity contribution in [3.8, 4) is 0 Å². The molecule has 1 aliphatic rings. The van der Waals surface area contributed by atoms with Gasteiger partial charge in [0.1, 0.15) is 11.5 Å². The molecule has 0 saturated heterocycles. The van der Waals surface area contributed by atoms with Crippen LogP contribution in [0.4, 0.5) is 0 Å². The molecule has 0 aromatic carbocycles. The van der Waals surface area contributed by atoms with E-state index in [0.29, 0.717) is 6.04 Å². The number of furan rings is 1. The Hall–Kier alpha value is -0.760. The van der Waals surface area contributed by atoms with Crippen molar-refractivity contribution >= 4 is 0 Å². The molecule has 1 aliphatic carbocycles. The Kier molecular flexibility index (Phi) is 4.27.